The Morgan fingerprint density at radius 1 is 0.569 bits per heavy atom. The SMILES string of the molecule is CC(COCC(C)=NOCc1ccc(Br)cc1C#C[Si](C(C)C)(C(C)C)C(C)C)=NOCc1ccc(Br)cc1C#C[Si](C(C)C)(C(C)C)C(C)C. The van der Waals surface area contributed by atoms with Gasteiger partial charge in [0, 0.05) is 31.2 Å². The van der Waals surface area contributed by atoms with Gasteiger partial charge in [-0.05, 0) is 71.4 Å². The highest BCUT2D eigenvalue weighted by atomic mass is 79.9. The molecule has 0 fully saturated rings. The van der Waals surface area contributed by atoms with Crippen molar-refractivity contribution in [3.63, 3.8) is 0 Å². The summed E-state index contributed by atoms with van der Waals surface area (Å²) in [5.74, 6) is 7.15. The zero-order chi connectivity index (χ0) is 38.5. The quantitative estimate of drug-likeness (QED) is 0.0731. The first-order valence-electron chi connectivity index (χ1n) is 18.4. The van der Waals surface area contributed by atoms with E-state index in [0.717, 1.165) is 42.6 Å². The lowest BCUT2D eigenvalue weighted by molar-refractivity contribution is 0.121. The Kier molecular flexibility index (Phi) is 18.5. The number of hydrogen-bond acceptors (Lipinski definition) is 5. The van der Waals surface area contributed by atoms with E-state index in [0.29, 0.717) is 59.7 Å². The van der Waals surface area contributed by atoms with E-state index in [1.54, 1.807) is 0 Å². The topological polar surface area (TPSA) is 52.4 Å². The van der Waals surface area contributed by atoms with Gasteiger partial charge >= 0.3 is 0 Å². The average molecular weight is 859 g/mol. The predicted octanol–water partition coefficient (Wildman–Crippen LogP) is 12.9. The molecule has 0 amide bonds. The molecule has 0 radical (unpaired) electrons. The van der Waals surface area contributed by atoms with Crippen LogP contribution in [0.3, 0.4) is 0 Å². The fourth-order valence-corrected chi connectivity index (χ4v) is 18.8. The Morgan fingerprint density at radius 2 is 0.882 bits per heavy atom. The van der Waals surface area contributed by atoms with Crippen LogP contribution in [0.5, 0.6) is 0 Å². The third kappa shape index (κ3) is 12.5. The standard InChI is InChI=1S/C42H62Br2N2O3Si2/c1-29(2)50(30(3)4,31(5)6)21-19-37-23-41(43)17-15-39(37)27-48-45-35(13)25-47-26-36(14)46-49-28-40-16-18-42(44)24-38(40)20-22-51(32(7)8,33(9)10)34(11)12/h15-18,23-24,29-34H,25-28H2,1-14H3. The molecule has 2 rings (SSSR count). The predicted molar refractivity (Wildman–Crippen MR) is 231 cm³/mol. The molecule has 0 heterocycles. The molecule has 0 aliphatic rings. The Labute approximate surface area is 329 Å². The van der Waals surface area contributed by atoms with Crippen LogP contribution >= 0.6 is 31.9 Å². The van der Waals surface area contributed by atoms with E-state index in [1.807, 2.05) is 26.0 Å². The molecule has 9 heteroatoms. The molecule has 0 N–H and O–H groups in total. The third-order valence-electron chi connectivity index (χ3n) is 10.2. The molecule has 2 aromatic carbocycles. The summed E-state index contributed by atoms with van der Waals surface area (Å²) >= 11 is 7.26. The van der Waals surface area contributed by atoms with E-state index in [-0.39, 0.29) is 0 Å². The van der Waals surface area contributed by atoms with Gasteiger partial charge in [-0.2, -0.15) is 0 Å². The fraction of sp³-hybridized carbons (Fsp3) is 0.571. The number of benzene rings is 2. The van der Waals surface area contributed by atoms with Crippen LogP contribution in [-0.4, -0.2) is 40.8 Å². The minimum absolute atomic E-state index is 0.324. The summed E-state index contributed by atoms with van der Waals surface area (Å²) in [4.78, 5) is 11.6. The molecule has 0 aliphatic heterocycles. The maximum atomic E-state index is 5.86. The number of hydrogen-bond donors (Lipinski definition) is 0. The minimum atomic E-state index is -1.86. The van der Waals surface area contributed by atoms with E-state index in [4.69, 9.17) is 14.4 Å². The summed E-state index contributed by atoms with van der Waals surface area (Å²) in [5, 5.41) is 8.63. The van der Waals surface area contributed by atoms with E-state index in [9.17, 15) is 0 Å². The summed E-state index contributed by atoms with van der Waals surface area (Å²) in [7, 11) is -3.72. The van der Waals surface area contributed by atoms with Crippen molar-refractivity contribution in [2.75, 3.05) is 13.2 Å². The fourth-order valence-electron chi connectivity index (χ4n) is 7.62. The molecular formula is C42H62Br2N2O3Si2. The van der Waals surface area contributed by atoms with Gasteiger partial charge in [0.05, 0.1) is 24.6 Å². The van der Waals surface area contributed by atoms with Crippen molar-refractivity contribution in [3.8, 4) is 22.9 Å². The van der Waals surface area contributed by atoms with Crippen LogP contribution in [0.2, 0.25) is 33.2 Å². The molecule has 0 saturated heterocycles. The van der Waals surface area contributed by atoms with Crippen LogP contribution in [0.1, 0.15) is 119 Å². The minimum Gasteiger partial charge on any atom is -0.391 e. The maximum Gasteiger partial charge on any atom is 0.146 e. The summed E-state index contributed by atoms with van der Waals surface area (Å²) in [5.41, 5.74) is 16.6. The van der Waals surface area contributed by atoms with Gasteiger partial charge in [0.15, 0.2) is 0 Å². The highest BCUT2D eigenvalue weighted by Crippen LogP contribution is 2.42. The number of oxime groups is 2. The Balaban J connectivity index is 2.03. The number of ether oxygens (including phenoxy) is 1. The first-order valence-corrected chi connectivity index (χ1v) is 24.4. The van der Waals surface area contributed by atoms with Crippen LogP contribution in [0, 0.1) is 22.9 Å². The van der Waals surface area contributed by atoms with Crippen molar-refractivity contribution in [2.45, 2.75) is 143 Å². The molecule has 0 saturated carbocycles. The highest BCUT2D eigenvalue weighted by Gasteiger charge is 2.42. The normalized spacial score (nSPS) is 12.9. The van der Waals surface area contributed by atoms with Gasteiger partial charge in [-0.15, -0.1) is 11.1 Å². The largest absolute Gasteiger partial charge is 0.391 e. The van der Waals surface area contributed by atoms with Crippen LogP contribution < -0.4 is 0 Å². The summed E-state index contributed by atoms with van der Waals surface area (Å²) in [6.45, 7) is 33.1. The highest BCUT2D eigenvalue weighted by molar-refractivity contribution is 9.10. The van der Waals surface area contributed by atoms with Crippen molar-refractivity contribution in [3.05, 3.63) is 67.6 Å². The van der Waals surface area contributed by atoms with Gasteiger partial charge < -0.3 is 14.4 Å². The molecule has 2 aromatic rings. The van der Waals surface area contributed by atoms with Crippen LogP contribution in [-0.2, 0) is 27.6 Å². The molecule has 0 unspecified atom stereocenters. The molecule has 5 nitrogen and oxygen atoms in total. The molecule has 0 spiro atoms. The zero-order valence-corrected chi connectivity index (χ0v) is 38.8. The molecule has 0 atom stereocenters. The smallest absolute Gasteiger partial charge is 0.146 e. The lowest BCUT2D eigenvalue weighted by Crippen LogP contribution is -2.43. The van der Waals surface area contributed by atoms with Crippen molar-refractivity contribution in [2.24, 2.45) is 10.3 Å². The van der Waals surface area contributed by atoms with E-state index in [1.165, 1.54) is 0 Å². The number of halogens is 2. The van der Waals surface area contributed by atoms with E-state index in [2.05, 4.69) is 172 Å². The van der Waals surface area contributed by atoms with E-state index >= 15 is 0 Å². The summed E-state index contributed by atoms with van der Waals surface area (Å²) in [6.07, 6.45) is 0. The van der Waals surface area contributed by atoms with Crippen molar-refractivity contribution >= 4 is 59.4 Å². The molecule has 0 bridgehead atoms. The van der Waals surface area contributed by atoms with Gasteiger partial charge in [0.25, 0.3) is 0 Å². The molecule has 0 aromatic heterocycles. The molecular weight excluding hydrogens is 796 g/mol. The molecule has 0 aliphatic carbocycles. The van der Waals surface area contributed by atoms with Crippen molar-refractivity contribution in [1.82, 2.24) is 0 Å². The van der Waals surface area contributed by atoms with Gasteiger partial charge in [0.1, 0.15) is 29.4 Å². The Bertz CT molecular complexity index is 1460. The first-order chi connectivity index (χ1) is 23.9. The zero-order valence-electron chi connectivity index (χ0n) is 33.6. The first kappa shape index (κ1) is 45.0. The second-order valence-electron chi connectivity index (χ2n) is 15.6. The maximum absolute atomic E-state index is 5.86. The molecule has 51 heavy (non-hydrogen) atoms. The second kappa shape index (κ2) is 20.9. The van der Waals surface area contributed by atoms with Gasteiger partial charge in [-0.3, -0.25) is 0 Å². The number of nitrogens with zero attached hydrogens (tertiary/aromatic N) is 2. The lowest BCUT2D eigenvalue weighted by Gasteiger charge is -2.38. The summed E-state index contributed by atoms with van der Waals surface area (Å²) in [6, 6.07) is 12.3. The van der Waals surface area contributed by atoms with Crippen LogP contribution in [0.25, 0.3) is 0 Å². The van der Waals surface area contributed by atoms with Crippen LogP contribution in [0.15, 0.2) is 55.7 Å². The summed E-state index contributed by atoms with van der Waals surface area (Å²) < 4.78 is 7.87. The third-order valence-corrected chi connectivity index (χ3v) is 23.8. The van der Waals surface area contributed by atoms with Crippen LogP contribution in [0.4, 0.5) is 0 Å². The van der Waals surface area contributed by atoms with Gasteiger partial charge in [-0.1, -0.05) is 149 Å². The average Bonchev–Trinajstić information content (AvgIpc) is 3.02. The van der Waals surface area contributed by atoms with E-state index < -0.39 is 16.1 Å². The number of rotatable bonds is 16. The molecule has 280 valence electrons. The second-order valence-corrected chi connectivity index (χ2v) is 28.6. The Hall–Kier alpha value is -2.15. The van der Waals surface area contributed by atoms with Crippen molar-refractivity contribution in [1.29, 1.82) is 0 Å². The van der Waals surface area contributed by atoms with Gasteiger partial charge in [-0.25, -0.2) is 0 Å². The van der Waals surface area contributed by atoms with Crippen molar-refractivity contribution < 1.29 is 14.4 Å². The van der Waals surface area contributed by atoms with Gasteiger partial charge in [0.2, 0.25) is 0 Å². The Morgan fingerprint density at radius 3 is 1.18 bits per heavy atom. The lowest BCUT2D eigenvalue weighted by atomic mass is 10.1. The monoisotopic (exact) mass is 856 g/mol.